The molecule has 0 N–H and O–H groups in total. The minimum absolute atomic E-state index is 0.0915. The zero-order valence-electron chi connectivity index (χ0n) is 18.6. The van der Waals surface area contributed by atoms with Gasteiger partial charge in [0.1, 0.15) is 5.69 Å². The number of carbonyl (C=O) groups excluding carboxylic acids is 1. The highest BCUT2D eigenvalue weighted by molar-refractivity contribution is 6.30. The summed E-state index contributed by atoms with van der Waals surface area (Å²) >= 11 is 5.97. The molecule has 4 rings (SSSR count). The van der Waals surface area contributed by atoms with E-state index in [0.29, 0.717) is 23.7 Å². The normalized spacial score (nSPS) is 24.8. The van der Waals surface area contributed by atoms with E-state index >= 15 is 0 Å². The number of imidazole rings is 1. The molecule has 5 heteroatoms. The highest BCUT2D eigenvalue weighted by Crippen LogP contribution is 2.52. The first-order chi connectivity index (χ1) is 13.7. The van der Waals surface area contributed by atoms with Crippen LogP contribution in [0.4, 0.5) is 0 Å². The Balaban J connectivity index is 0.00000117. The topological polar surface area (TPSA) is 38.1 Å². The van der Waals surface area contributed by atoms with Crippen molar-refractivity contribution in [2.75, 3.05) is 6.54 Å². The first-order valence-electron chi connectivity index (χ1n) is 10.7. The van der Waals surface area contributed by atoms with Crippen molar-refractivity contribution in [1.82, 2.24) is 14.5 Å². The van der Waals surface area contributed by atoms with E-state index < -0.39 is 0 Å². The summed E-state index contributed by atoms with van der Waals surface area (Å²) in [4.78, 5) is 19.9. The van der Waals surface area contributed by atoms with Crippen LogP contribution in [0.1, 0.15) is 75.6 Å². The maximum Gasteiger partial charge on any atom is 0.274 e. The molecule has 2 bridgehead atoms. The molecule has 2 aromatic rings. The lowest BCUT2D eigenvalue weighted by molar-refractivity contribution is 0.0702. The number of amides is 1. The fourth-order valence-corrected chi connectivity index (χ4v) is 5.56. The van der Waals surface area contributed by atoms with Crippen LogP contribution in [-0.2, 0) is 6.54 Å². The van der Waals surface area contributed by atoms with Gasteiger partial charge in [0.15, 0.2) is 0 Å². The summed E-state index contributed by atoms with van der Waals surface area (Å²) in [6.45, 7) is 14.5. The van der Waals surface area contributed by atoms with Crippen molar-refractivity contribution in [2.24, 2.45) is 10.8 Å². The average Bonchev–Trinajstić information content (AvgIpc) is 3.14. The fourth-order valence-electron chi connectivity index (χ4n) is 5.43. The molecule has 29 heavy (non-hydrogen) atoms. The number of hydrogen-bond donors (Lipinski definition) is 0. The molecule has 2 aliphatic rings. The fraction of sp³-hybridized carbons (Fsp3) is 0.583. The molecule has 1 saturated carbocycles. The Morgan fingerprint density at radius 2 is 1.83 bits per heavy atom. The second kappa shape index (κ2) is 8.14. The van der Waals surface area contributed by atoms with Crippen LogP contribution in [-0.4, -0.2) is 32.9 Å². The summed E-state index contributed by atoms with van der Waals surface area (Å²) in [6, 6.07) is 8.14. The van der Waals surface area contributed by atoms with Crippen LogP contribution in [0.25, 0.3) is 0 Å². The minimum atomic E-state index is 0.0915. The quantitative estimate of drug-likeness (QED) is 0.620. The van der Waals surface area contributed by atoms with Crippen LogP contribution in [0.15, 0.2) is 30.6 Å². The van der Waals surface area contributed by atoms with Crippen LogP contribution >= 0.6 is 11.6 Å². The van der Waals surface area contributed by atoms with Crippen molar-refractivity contribution in [1.29, 1.82) is 0 Å². The predicted octanol–water partition coefficient (Wildman–Crippen LogP) is 5.96. The number of fused-ring (bicyclic) bond motifs is 2. The van der Waals surface area contributed by atoms with Crippen molar-refractivity contribution in [3.63, 3.8) is 0 Å². The number of halogens is 1. The maximum atomic E-state index is 13.3. The Hall–Kier alpha value is -1.81. The molecular weight excluding hydrogens is 382 g/mol. The molecule has 1 aliphatic carbocycles. The van der Waals surface area contributed by atoms with Gasteiger partial charge in [-0.15, -0.1) is 0 Å². The van der Waals surface area contributed by atoms with Crippen molar-refractivity contribution >= 4 is 17.5 Å². The molecule has 2 unspecified atom stereocenters. The summed E-state index contributed by atoms with van der Waals surface area (Å²) < 4.78 is 2.05. The second-order valence-corrected chi connectivity index (χ2v) is 10.0. The van der Waals surface area contributed by atoms with Crippen molar-refractivity contribution in [3.8, 4) is 0 Å². The van der Waals surface area contributed by atoms with Gasteiger partial charge in [-0.25, -0.2) is 4.98 Å². The van der Waals surface area contributed by atoms with E-state index in [-0.39, 0.29) is 11.3 Å². The Morgan fingerprint density at radius 1 is 1.17 bits per heavy atom. The van der Waals surface area contributed by atoms with Crippen LogP contribution in [0, 0.1) is 17.8 Å². The zero-order chi connectivity index (χ0) is 21.4. The minimum Gasteiger partial charge on any atom is -0.334 e. The lowest BCUT2D eigenvalue weighted by Gasteiger charge is -2.39. The van der Waals surface area contributed by atoms with Crippen molar-refractivity contribution in [3.05, 3.63) is 52.6 Å². The van der Waals surface area contributed by atoms with E-state index in [1.807, 2.05) is 49.6 Å². The maximum absolute atomic E-state index is 13.3. The number of aromatic nitrogens is 2. The third kappa shape index (κ3) is 4.53. The first kappa shape index (κ1) is 21.9. The Bertz CT molecular complexity index is 871. The standard InChI is InChI=1S/C22H28ClN3O.C2H6/c1-15-19(24-14-25(15)11-16-5-7-17(23)8-6-16)20(27)26-13-22(4)10-18(26)9-21(2,3)12-22;1-2/h5-8,14,18H,9-13H2,1-4H3;1-2H3. The summed E-state index contributed by atoms with van der Waals surface area (Å²) in [5.41, 5.74) is 3.21. The average molecular weight is 416 g/mol. The largest absolute Gasteiger partial charge is 0.334 e. The van der Waals surface area contributed by atoms with Crippen LogP contribution < -0.4 is 0 Å². The second-order valence-electron chi connectivity index (χ2n) is 9.58. The molecule has 4 nitrogen and oxygen atoms in total. The summed E-state index contributed by atoms with van der Waals surface area (Å²) in [5, 5.41) is 0.730. The predicted molar refractivity (Wildman–Crippen MR) is 119 cm³/mol. The van der Waals surface area contributed by atoms with E-state index in [1.165, 1.54) is 6.42 Å². The summed E-state index contributed by atoms with van der Waals surface area (Å²) in [7, 11) is 0. The van der Waals surface area contributed by atoms with Gasteiger partial charge in [-0.1, -0.05) is 58.4 Å². The number of nitrogens with zero attached hydrogens (tertiary/aromatic N) is 3. The zero-order valence-corrected chi connectivity index (χ0v) is 19.4. The van der Waals surface area contributed by atoms with Crippen LogP contribution in [0.2, 0.25) is 5.02 Å². The Morgan fingerprint density at radius 3 is 2.48 bits per heavy atom. The lowest BCUT2D eigenvalue weighted by Crippen LogP contribution is -2.38. The number of rotatable bonds is 3. The number of hydrogen-bond acceptors (Lipinski definition) is 2. The van der Waals surface area contributed by atoms with Gasteiger partial charge in [0, 0.05) is 29.8 Å². The van der Waals surface area contributed by atoms with Gasteiger partial charge < -0.3 is 9.47 Å². The Labute approximate surface area is 180 Å². The molecule has 2 atom stereocenters. The van der Waals surface area contributed by atoms with E-state index in [9.17, 15) is 4.79 Å². The van der Waals surface area contributed by atoms with E-state index in [0.717, 1.165) is 35.7 Å². The SMILES string of the molecule is CC.Cc1c(C(=O)N2CC3(C)CC2CC(C)(C)C3)ncn1Cc1ccc(Cl)cc1. The summed E-state index contributed by atoms with van der Waals surface area (Å²) in [5.74, 6) is 0.0915. The third-order valence-corrected chi connectivity index (χ3v) is 6.50. The van der Waals surface area contributed by atoms with E-state index in [2.05, 4.69) is 30.7 Å². The van der Waals surface area contributed by atoms with E-state index in [1.54, 1.807) is 6.33 Å². The molecule has 2 heterocycles. The molecule has 1 aromatic carbocycles. The molecule has 1 amide bonds. The van der Waals surface area contributed by atoms with Crippen molar-refractivity contribution in [2.45, 2.75) is 73.4 Å². The first-order valence-corrected chi connectivity index (χ1v) is 11.1. The van der Waals surface area contributed by atoms with Gasteiger partial charge in [-0.05, 0) is 54.7 Å². The molecule has 1 aromatic heterocycles. The van der Waals surface area contributed by atoms with Gasteiger partial charge in [0.2, 0.25) is 0 Å². The van der Waals surface area contributed by atoms with Gasteiger partial charge in [-0.2, -0.15) is 0 Å². The highest BCUT2D eigenvalue weighted by Gasteiger charge is 2.51. The van der Waals surface area contributed by atoms with Gasteiger partial charge in [0.05, 0.1) is 6.33 Å². The van der Waals surface area contributed by atoms with Gasteiger partial charge in [0.25, 0.3) is 5.91 Å². The van der Waals surface area contributed by atoms with Gasteiger partial charge in [-0.3, -0.25) is 4.79 Å². The van der Waals surface area contributed by atoms with E-state index in [4.69, 9.17) is 11.6 Å². The molecule has 158 valence electrons. The number of carbonyl (C=O) groups is 1. The number of benzene rings is 1. The molecule has 0 spiro atoms. The molecule has 1 saturated heterocycles. The van der Waals surface area contributed by atoms with Crippen molar-refractivity contribution < 1.29 is 4.79 Å². The summed E-state index contributed by atoms with van der Waals surface area (Å²) in [6.07, 6.45) is 5.17. The van der Waals surface area contributed by atoms with Gasteiger partial charge >= 0.3 is 0 Å². The third-order valence-electron chi connectivity index (χ3n) is 6.24. The molecule has 0 radical (unpaired) electrons. The molecule has 2 fully saturated rings. The van der Waals surface area contributed by atoms with Crippen LogP contribution in [0.5, 0.6) is 0 Å². The molecular formula is C24H34ClN3O. The lowest BCUT2D eigenvalue weighted by atomic mass is 9.65. The smallest absolute Gasteiger partial charge is 0.274 e. The highest BCUT2D eigenvalue weighted by atomic mass is 35.5. The number of likely N-dealkylation sites (tertiary alicyclic amines) is 1. The van der Waals surface area contributed by atoms with Crippen LogP contribution in [0.3, 0.4) is 0 Å². The Kier molecular flexibility index (Phi) is 6.14. The molecule has 1 aliphatic heterocycles. The monoisotopic (exact) mass is 415 g/mol.